The third-order valence-electron chi connectivity index (χ3n) is 3.84. The summed E-state index contributed by atoms with van der Waals surface area (Å²) in [6.45, 7) is 6.68. The number of rotatable bonds is 3. The van der Waals surface area contributed by atoms with E-state index in [2.05, 4.69) is 21.9 Å². The Morgan fingerprint density at radius 3 is 2.75 bits per heavy atom. The zero-order valence-corrected chi connectivity index (χ0v) is 13.4. The first-order valence-electron chi connectivity index (χ1n) is 7.07. The number of carbonyl (C=O) groups is 1. The Kier molecular flexibility index (Phi) is 4.83. The number of hydrogen-bond acceptors (Lipinski definition) is 4. The van der Waals surface area contributed by atoms with Crippen LogP contribution in [0.5, 0.6) is 0 Å². The third kappa shape index (κ3) is 3.05. The molecule has 0 aliphatic carbocycles. The van der Waals surface area contributed by atoms with Crippen molar-refractivity contribution in [3.05, 3.63) is 16.9 Å². The predicted molar refractivity (Wildman–Crippen MR) is 80.5 cm³/mol. The van der Waals surface area contributed by atoms with Gasteiger partial charge in [-0.15, -0.1) is 0 Å². The lowest BCUT2D eigenvalue weighted by atomic mass is 10.1. The van der Waals surface area contributed by atoms with Gasteiger partial charge in [0.15, 0.2) is 0 Å². The molecular formula is C14H23ClN4O. The van der Waals surface area contributed by atoms with Crippen LogP contribution in [0.1, 0.15) is 36.8 Å². The van der Waals surface area contributed by atoms with Crippen molar-refractivity contribution >= 4 is 17.4 Å². The number of carbonyl (C=O) groups excluding carboxylic acids is 1. The molecule has 2 heterocycles. The maximum atomic E-state index is 12.9. The van der Waals surface area contributed by atoms with E-state index in [1.807, 2.05) is 20.9 Å². The van der Waals surface area contributed by atoms with E-state index in [-0.39, 0.29) is 17.9 Å². The van der Waals surface area contributed by atoms with E-state index < -0.39 is 0 Å². The number of likely N-dealkylation sites (N-methyl/N-ethyl adjacent to an activating group) is 2. The smallest absolute Gasteiger partial charge is 0.200 e. The topological polar surface area (TPSA) is 41.4 Å². The predicted octanol–water partition coefficient (Wildman–Crippen LogP) is 1.94. The molecule has 1 aromatic rings. The second-order valence-electron chi connectivity index (χ2n) is 5.86. The van der Waals surface area contributed by atoms with E-state index >= 15 is 0 Å². The van der Waals surface area contributed by atoms with Gasteiger partial charge in [0.2, 0.25) is 5.78 Å². The molecule has 0 amide bonds. The molecule has 0 spiro atoms. The molecule has 20 heavy (non-hydrogen) atoms. The molecule has 1 fully saturated rings. The van der Waals surface area contributed by atoms with Gasteiger partial charge in [-0.05, 0) is 47.5 Å². The number of aromatic nitrogens is 2. The van der Waals surface area contributed by atoms with Crippen LogP contribution in [0.15, 0.2) is 6.20 Å². The molecule has 1 aliphatic heterocycles. The summed E-state index contributed by atoms with van der Waals surface area (Å²) < 4.78 is 1.73. The van der Waals surface area contributed by atoms with Crippen molar-refractivity contribution in [2.24, 2.45) is 0 Å². The summed E-state index contributed by atoms with van der Waals surface area (Å²) in [4.78, 5) is 17.2. The molecule has 0 radical (unpaired) electrons. The van der Waals surface area contributed by atoms with Crippen LogP contribution in [-0.2, 0) is 0 Å². The van der Waals surface area contributed by atoms with Gasteiger partial charge < -0.3 is 4.90 Å². The first-order valence-corrected chi connectivity index (χ1v) is 7.45. The Labute approximate surface area is 125 Å². The molecule has 1 saturated heterocycles. The van der Waals surface area contributed by atoms with E-state index in [0.717, 1.165) is 26.1 Å². The summed E-state index contributed by atoms with van der Waals surface area (Å²) >= 11 is 6.19. The van der Waals surface area contributed by atoms with Crippen molar-refractivity contribution < 1.29 is 4.79 Å². The van der Waals surface area contributed by atoms with Crippen LogP contribution in [0.3, 0.4) is 0 Å². The molecule has 5 nitrogen and oxygen atoms in total. The second-order valence-corrected chi connectivity index (χ2v) is 6.26. The monoisotopic (exact) mass is 298 g/mol. The van der Waals surface area contributed by atoms with Crippen LogP contribution in [0.2, 0.25) is 5.02 Å². The summed E-state index contributed by atoms with van der Waals surface area (Å²) in [5, 5.41) is 4.68. The average Bonchev–Trinajstić information content (AvgIpc) is 2.68. The molecule has 112 valence electrons. The van der Waals surface area contributed by atoms with Crippen LogP contribution in [-0.4, -0.2) is 65.1 Å². The van der Waals surface area contributed by atoms with Crippen LogP contribution < -0.4 is 0 Å². The normalized spacial score (nSPS) is 22.2. The first kappa shape index (κ1) is 15.5. The molecule has 1 aliphatic rings. The highest BCUT2D eigenvalue weighted by molar-refractivity contribution is 6.33. The van der Waals surface area contributed by atoms with Crippen molar-refractivity contribution in [3.63, 3.8) is 0 Å². The molecule has 0 N–H and O–H groups in total. The Bertz CT molecular complexity index is 486. The summed E-state index contributed by atoms with van der Waals surface area (Å²) in [6, 6.07) is -0.0375. The second kappa shape index (κ2) is 6.24. The maximum absolute atomic E-state index is 12.9. The maximum Gasteiger partial charge on any atom is 0.200 e. The average molecular weight is 299 g/mol. The zero-order chi connectivity index (χ0) is 14.9. The highest BCUT2D eigenvalue weighted by Crippen LogP contribution is 2.22. The van der Waals surface area contributed by atoms with Gasteiger partial charge in [-0.3, -0.25) is 14.4 Å². The molecule has 1 unspecified atom stereocenters. The number of hydrogen-bond donors (Lipinski definition) is 0. The minimum atomic E-state index is -0.158. The number of nitrogens with zero attached hydrogens (tertiary/aromatic N) is 4. The van der Waals surface area contributed by atoms with Gasteiger partial charge >= 0.3 is 0 Å². The van der Waals surface area contributed by atoms with Gasteiger partial charge in [-0.2, -0.15) is 5.10 Å². The van der Waals surface area contributed by atoms with Crippen molar-refractivity contribution in [1.82, 2.24) is 19.6 Å². The van der Waals surface area contributed by atoms with Gasteiger partial charge in [-0.25, -0.2) is 0 Å². The SMILES string of the molecule is CC(C)n1ncc(Cl)c1C(=O)C1CN(C)CCCN1C. The molecule has 2 rings (SSSR count). The fraction of sp³-hybridized carbons (Fsp3) is 0.714. The third-order valence-corrected chi connectivity index (χ3v) is 4.12. The highest BCUT2D eigenvalue weighted by Gasteiger charge is 2.31. The Morgan fingerprint density at radius 2 is 2.10 bits per heavy atom. The van der Waals surface area contributed by atoms with Crippen LogP contribution >= 0.6 is 11.6 Å². The fourth-order valence-corrected chi connectivity index (χ4v) is 2.90. The van der Waals surface area contributed by atoms with Crippen molar-refractivity contribution in [2.75, 3.05) is 33.7 Å². The Hall–Kier alpha value is -0.910. The molecule has 0 aromatic carbocycles. The Morgan fingerprint density at radius 1 is 1.40 bits per heavy atom. The molecule has 0 saturated carbocycles. The molecular weight excluding hydrogens is 276 g/mol. The molecule has 0 bridgehead atoms. The lowest BCUT2D eigenvalue weighted by Crippen LogP contribution is -2.44. The van der Waals surface area contributed by atoms with Crippen LogP contribution in [0.25, 0.3) is 0 Å². The minimum absolute atomic E-state index is 0.0671. The van der Waals surface area contributed by atoms with Gasteiger partial charge in [0.25, 0.3) is 0 Å². The van der Waals surface area contributed by atoms with Crippen LogP contribution in [0, 0.1) is 0 Å². The number of Topliss-reactive ketones (excluding diaryl/α,β-unsaturated/α-hetero) is 1. The zero-order valence-electron chi connectivity index (χ0n) is 12.6. The number of halogens is 1. The van der Waals surface area contributed by atoms with E-state index in [0.29, 0.717) is 10.7 Å². The van der Waals surface area contributed by atoms with E-state index in [1.165, 1.54) is 0 Å². The van der Waals surface area contributed by atoms with Crippen molar-refractivity contribution in [3.8, 4) is 0 Å². The highest BCUT2D eigenvalue weighted by atomic mass is 35.5. The molecule has 6 heteroatoms. The Balaban J connectivity index is 2.32. The van der Waals surface area contributed by atoms with E-state index in [4.69, 9.17) is 11.6 Å². The number of ketones is 1. The standard InChI is InChI=1S/C14H23ClN4O/c1-10(2)19-13(11(15)8-16-19)14(20)12-9-17(3)6-5-7-18(12)4/h8,10,12H,5-7,9H2,1-4H3. The van der Waals surface area contributed by atoms with Gasteiger partial charge in [0.1, 0.15) is 5.69 Å². The summed E-state index contributed by atoms with van der Waals surface area (Å²) in [7, 11) is 4.06. The van der Waals surface area contributed by atoms with Crippen LogP contribution in [0.4, 0.5) is 0 Å². The van der Waals surface area contributed by atoms with Gasteiger partial charge in [0.05, 0.1) is 17.3 Å². The van der Waals surface area contributed by atoms with Gasteiger partial charge in [0, 0.05) is 12.6 Å². The molecule has 1 atom stereocenters. The molecule has 1 aromatic heterocycles. The largest absolute Gasteiger partial charge is 0.304 e. The summed E-state index contributed by atoms with van der Waals surface area (Å²) in [6.07, 6.45) is 2.64. The summed E-state index contributed by atoms with van der Waals surface area (Å²) in [5.41, 5.74) is 0.536. The quantitative estimate of drug-likeness (QED) is 0.800. The van der Waals surface area contributed by atoms with Crippen molar-refractivity contribution in [2.45, 2.75) is 32.4 Å². The lowest BCUT2D eigenvalue weighted by Gasteiger charge is -2.26. The van der Waals surface area contributed by atoms with E-state index in [9.17, 15) is 4.79 Å². The minimum Gasteiger partial charge on any atom is -0.304 e. The van der Waals surface area contributed by atoms with Crippen molar-refractivity contribution in [1.29, 1.82) is 0 Å². The van der Waals surface area contributed by atoms with Gasteiger partial charge in [-0.1, -0.05) is 11.6 Å². The van der Waals surface area contributed by atoms with E-state index in [1.54, 1.807) is 10.9 Å². The summed E-state index contributed by atoms with van der Waals surface area (Å²) in [5.74, 6) is 0.0671. The first-order chi connectivity index (χ1) is 9.41. The lowest BCUT2D eigenvalue weighted by molar-refractivity contribution is 0.0826. The fourth-order valence-electron chi connectivity index (χ4n) is 2.68.